The molecule has 0 spiro atoms. The first-order valence-corrected chi connectivity index (χ1v) is 13.0. The third-order valence-corrected chi connectivity index (χ3v) is 8.36. The molecule has 0 aromatic heterocycles. The maximum Gasteiger partial charge on any atom is 0.243 e. The van der Waals surface area contributed by atoms with Crippen molar-refractivity contribution in [3.05, 3.63) is 58.7 Å². The molecular formula is C26H36N2O4S. The first kappa shape index (κ1) is 25.2. The number of piperidine rings is 1. The summed E-state index contributed by atoms with van der Waals surface area (Å²) in [6, 6.07) is 10.8. The lowest BCUT2D eigenvalue weighted by Crippen LogP contribution is -2.45. The fourth-order valence-corrected chi connectivity index (χ4v) is 5.98. The number of nitrogens with one attached hydrogen (secondary N) is 1. The molecular weight excluding hydrogens is 436 g/mol. The lowest BCUT2D eigenvalue weighted by Gasteiger charge is -2.32. The van der Waals surface area contributed by atoms with Crippen LogP contribution in [0.15, 0.2) is 41.3 Å². The van der Waals surface area contributed by atoms with Crippen molar-refractivity contribution < 1.29 is 17.9 Å². The number of hydrogen-bond acceptors (Lipinski definition) is 4. The Morgan fingerprint density at radius 2 is 1.76 bits per heavy atom. The number of methoxy groups -OCH3 is 1. The second kappa shape index (κ2) is 10.3. The summed E-state index contributed by atoms with van der Waals surface area (Å²) in [5.74, 6) is 0.673. The van der Waals surface area contributed by atoms with Gasteiger partial charge in [0, 0.05) is 13.1 Å². The lowest BCUT2D eigenvalue weighted by molar-refractivity contribution is -0.126. The normalized spacial score (nSPS) is 18.2. The average Bonchev–Trinajstić information content (AvgIpc) is 2.78. The van der Waals surface area contributed by atoms with Crippen LogP contribution in [0.2, 0.25) is 0 Å². The van der Waals surface area contributed by atoms with Crippen molar-refractivity contribution >= 4 is 15.9 Å². The van der Waals surface area contributed by atoms with Gasteiger partial charge in [0.05, 0.1) is 24.0 Å². The summed E-state index contributed by atoms with van der Waals surface area (Å²) in [5.41, 5.74) is 4.21. The van der Waals surface area contributed by atoms with Crippen molar-refractivity contribution in [1.82, 2.24) is 9.62 Å². The maximum atomic E-state index is 13.1. The van der Waals surface area contributed by atoms with E-state index in [1.54, 1.807) is 31.4 Å². The molecule has 2 aromatic rings. The highest BCUT2D eigenvalue weighted by molar-refractivity contribution is 7.89. The number of rotatable bonds is 7. The molecule has 2 aromatic carbocycles. The standard InChI is InChI=1S/C26H36N2O4S/c1-17(2)23-15-24(19(4)14-25(23)32-6)20(5)27-26(29)21-8-7-13-28(16-21)33(30,31)22-11-9-18(3)10-12-22/h9-12,14-15,17,20-21H,7-8,13,16H2,1-6H3,(H,27,29)/t20-,21-/m1/s1. The lowest BCUT2D eigenvalue weighted by atomic mass is 9.92. The van der Waals surface area contributed by atoms with E-state index in [4.69, 9.17) is 4.74 Å². The van der Waals surface area contributed by atoms with E-state index in [1.165, 1.54) is 4.31 Å². The molecule has 1 amide bonds. The van der Waals surface area contributed by atoms with Gasteiger partial charge in [-0.2, -0.15) is 4.31 Å². The molecule has 1 aliphatic heterocycles. The summed E-state index contributed by atoms with van der Waals surface area (Å²) in [6.07, 6.45) is 1.34. The zero-order chi connectivity index (χ0) is 24.3. The zero-order valence-electron chi connectivity index (χ0n) is 20.5. The zero-order valence-corrected chi connectivity index (χ0v) is 21.3. The van der Waals surface area contributed by atoms with Gasteiger partial charge in [-0.25, -0.2) is 8.42 Å². The fourth-order valence-electron chi connectivity index (χ4n) is 4.45. The van der Waals surface area contributed by atoms with Crippen LogP contribution in [0.25, 0.3) is 0 Å². The first-order valence-electron chi connectivity index (χ1n) is 11.6. The van der Waals surface area contributed by atoms with Gasteiger partial charge in [-0.15, -0.1) is 0 Å². The number of sulfonamides is 1. The van der Waals surface area contributed by atoms with E-state index in [2.05, 4.69) is 25.2 Å². The summed E-state index contributed by atoms with van der Waals surface area (Å²) in [5, 5.41) is 3.13. The molecule has 33 heavy (non-hydrogen) atoms. The highest BCUT2D eigenvalue weighted by atomic mass is 32.2. The Labute approximate surface area is 198 Å². The summed E-state index contributed by atoms with van der Waals surface area (Å²) < 4.78 is 33.2. The molecule has 1 N–H and O–H groups in total. The Morgan fingerprint density at radius 3 is 2.36 bits per heavy atom. The van der Waals surface area contributed by atoms with E-state index in [0.29, 0.717) is 25.3 Å². The smallest absolute Gasteiger partial charge is 0.243 e. The molecule has 1 heterocycles. The summed E-state index contributed by atoms with van der Waals surface area (Å²) in [7, 11) is -1.94. The van der Waals surface area contributed by atoms with Crippen LogP contribution in [0, 0.1) is 19.8 Å². The van der Waals surface area contributed by atoms with E-state index < -0.39 is 10.0 Å². The molecule has 0 radical (unpaired) electrons. The van der Waals surface area contributed by atoms with Gasteiger partial charge in [-0.1, -0.05) is 31.5 Å². The van der Waals surface area contributed by atoms with Crippen molar-refractivity contribution in [2.75, 3.05) is 20.2 Å². The third-order valence-electron chi connectivity index (χ3n) is 6.48. The molecule has 0 bridgehead atoms. The van der Waals surface area contributed by atoms with Gasteiger partial charge in [0.15, 0.2) is 0 Å². The van der Waals surface area contributed by atoms with Crippen LogP contribution in [0.1, 0.15) is 67.8 Å². The highest BCUT2D eigenvalue weighted by Gasteiger charge is 2.34. The van der Waals surface area contributed by atoms with Crippen molar-refractivity contribution in [3.63, 3.8) is 0 Å². The molecule has 1 aliphatic rings. The van der Waals surface area contributed by atoms with Gasteiger partial charge in [0.1, 0.15) is 5.75 Å². The molecule has 3 rings (SSSR count). The molecule has 0 aliphatic carbocycles. The Hall–Kier alpha value is -2.38. The molecule has 1 fully saturated rings. The molecule has 1 saturated heterocycles. The van der Waals surface area contributed by atoms with E-state index in [9.17, 15) is 13.2 Å². The van der Waals surface area contributed by atoms with Gasteiger partial charge >= 0.3 is 0 Å². The van der Waals surface area contributed by atoms with Crippen molar-refractivity contribution in [2.24, 2.45) is 5.92 Å². The number of aryl methyl sites for hydroxylation is 2. The largest absolute Gasteiger partial charge is 0.496 e. The SMILES string of the molecule is COc1cc(C)c([C@@H](C)NC(=O)[C@@H]2CCCN(S(=O)(=O)c3ccc(C)cc3)C2)cc1C(C)C. The predicted octanol–water partition coefficient (Wildman–Crippen LogP) is 4.71. The van der Waals surface area contributed by atoms with E-state index in [-0.39, 0.29) is 29.3 Å². The number of ether oxygens (including phenoxy) is 1. The minimum atomic E-state index is -3.62. The maximum absolute atomic E-state index is 13.1. The van der Waals surface area contributed by atoms with Crippen LogP contribution in [0.5, 0.6) is 5.75 Å². The molecule has 0 saturated carbocycles. The first-order chi connectivity index (χ1) is 15.5. The van der Waals surface area contributed by atoms with E-state index in [0.717, 1.165) is 28.0 Å². The third kappa shape index (κ3) is 5.58. The second-order valence-corrected chi connectivity index (χ2v) is 11.3. The number of benzene rings is 2. The second-order valence-electron chi connectivity index (χ2n) is 9.35. The minimum Gasteiger partial charge on any atom is -0.496 e. The highest BCUT2D eigenvalue weighted by Crippen LogP contribution is 2.32. The average molecular weight is 473 g/mol. The monoisotopic (exact) mass is 472 g/mol. The molecule has 180 valence electrons. The Kier molecular flexibility index (Phi) is 7.85. The molecule has 7 heteroatoms. The summed E-state index contributed by atoms with van der Waals surface area (Å²) >= 11 is 0. The number of nitrogens with zero attached hydrogens (tertiary/aromatic N) is 1. The number of amides is 1. The van der Waals surface area contributed by atoms with Crippen LogP contribution in [0.3, 0.4) is 0 Å². The fraction of sp³-hybridized carbons (Fsp3) is 0.500. The number of hydrogen-bond donors (Lipinski definition) is 1. The van der Waals surface area contributed by atoms with Crippen LogP contribution in [-0.2, 0) is 14.8 Å². The topological polar surface area (TPSA) is 75.7 Å². The van der Waals surface area contributed by atoms with Gasteiger partial charge in [-0.3, -0.25) is 4.79 Å². The van der Waals surface area contributed by atoms with Crippen LogP contribution < -0.4 is 10.1 Å². The Morgan fingerprint density at radius 1 is 1.09 bits per heavy atom. The Balaban J connectivity index is 1.74. The van der Waals surface area contributed by atoms with Crippen LogP contribution in [0.4, 0.5) is 0 Å². The van der Waals surface area contributed by atoms with Crippen molar-refractivity contribution in [2.45, 2.75) is 64.3 Å². The summed E-state index contributed by atoms with van der Waals surface area (Å²) in [4.78, 5) is 13.4. The van der Waals surface area contributed by atoms with Gasteiger partial charge in [0.25, 0.3) is 0 Å². The van der Waals surface area contributed by atoms with Crippen LogP contribution >= 0.6 is 0 Å². The van der Waals surface area contributed by atoms with E-state index in [1.807, 2.05) is 26.8 Å². The molecule has 2 atom stereocenters. The molecule has 0 unspecified atom stereocenters. The number of carbonyl (C=O) groups is 1. The quantitative estimate of drug-likeness (QED) is 0.633. The number of carbonyl (C=O) groups excluding carboxylic acids is 1. The minimum absolute atomic E-state index is 0.104. The predicted molar refractivity (Wildman–Crippen MR) is 131 cm³/mol. The van der Waals surface area contributed by atoms with Crippen molar-refractivity contribution in [1.29, 1.82) is 0 Å². The van der Waals surface area contributed by atoms with Crippen molar-refractivity contribution in [3.8, 4) is 5.75 Å². The van der Waals surface area contributed by atoms with Crippen LogP contribution in [-0.4, -0.2) is 38.8 Å². The Bertz CT molecular complexity index is 1090. The van der Waals surface area contributed by atoms with Gasteiger partial charge < -0.3 is 10.1 Å². The summed E-state index contributed by atoms with van der Waals surface area (Å²) in [6.45, 7) is 10.8. The molecule has 6 nitrogen and oxygen atoms in total. The van der Waals surface area contributed by atoms with Gasteiger partial charge in [-0.05, 0) is 80.5 Å². The van der Waals surface area contributed by atoms with Gasteiger partial charge in [0.2, 0.25) is 15.9 Å². The van der Waals surface area contributed by atoms with E-state index >= 15 is 0 Å².